The second-order valence-corrected chi connectivity index (χ2v) is 9.47. The molecular weight excluding hydrogens is 454 g/mol. The normalized spacial score (nSPS) is 15.2. The molecule has 2 aliphatic carbocycles. The first-order chi connectivity index (χ1) is 16.4. The Kier molecular flexibility index (Phi) is 5.79. The summed E-state index contributed by atoms with van der Waals surface area (Å²) in [6.45, 7) is 1.66. The second-order valence-electron chi connectivity index (χ2n) is 8.44. The van der Waals surface area contributed by atoms with E-state index in [4.69, 9.17) is 4.74 Å². The van der Waals surface area contributed by atoms with Crippen molar-refractivity contribution in [1.29, 1.82) is 0 Å². The van der Waals surface area contributed by atoms with E-state index in [1.807, 2.05) is 36.4 Å². The van der Waals surface area contributed by atoms with Gasteiger partial charge in [-0.05, 0) is 42.0 Å². The van der Waals surface area contributed by atoms with Gasteiger partial charge in [-0.3, -0.25) is 10.1 Å². The van der Waals surface area contributed by atoms with E-state index >= 15 is 0 Å². The van der Waals surface area contributed by atoms with E-state index in [2.05, 4.69) is 22.4 Å². The Morgan fingerprint density at radius 3 is 2.32 bits per heavy atom. The van der Waals surface area contributed by atoms with E-state index < -0.39 is 24.0 Å². The van der Waals surface area contributed by atoms with Crippen LogP contribution in [0.3, 0.4) is 0 Å². The summed E-state index contributed by atoms with van der Waals surface area (Å²) in [4.78, 5) is 42.6. The van der Waals surface area contributed by atoms with Gasteiger partial charge in [-0.2, -0.15) is 0 Å². The maximum Gasteiger partial charge on any atom is 0.413 e. The lowest BCUT2D eigenvalue weighted by atomic mass is 9.98. The van der Waals surface area contributed by atoms with Crippen molar-refractivity contribution in [2.75, 3.05) is 11.9 Å². The number of carboxylic acid groups (broad SMARTS) is 1. The van der Waals surface area contributed by atoms with Crippen LogP contribution in [0.2, 0.25) is 0 Å². The van der Waals surface area contributed by atoms with Crippen molar-refractivity contribution in [3.05, 3.63) is 70.7 Å². The number of carboxylic acids is 1. The number of fused-ring (bicyclic) bond motifs is 3. The van der Waals surface area contributed by atoms with E-state index in [0.29, 0.717) is 0 Å². The van der Waals surface area contributed by atoms with Crippen LogP contribution in [0.4, 0.5) is 9.93 Å². The molecule has 5 rings (SSSR count). The number of benzene rings is 2. The summed E-state index contributed by atoms with van der Waals surface area (Å²) in [7, 11) is 0. The third-order valence-corrected chi connectivity index (χ3v) is 7.12. The Labute approximate surface area is 200 Å². The van der Waals surface area contributed by atoms with Crippen molar-refractivity contribution in [3.63, 3.8) is 0 Å². The Morgan fingerprint density at radius 1 is 1.12 bits per heavy atom. The van der Waals surface area contributed by atoms with Crippen LogP contribution in [0.15, 0.2) is 54.7 Å². The minimum atomic E-state index is -1.05. The van der Waals surface area contributed by atoms with Crippen molar-refractivity contribution >= 4 is 34.4 Å². The molecule has 1 heterocycles. The molecule has 174 valence electrons. The second kappa shape index (κ2) is 8.90. The number of anilines is 1. The average molecular weight is 478 g/mol. The van der Waals surface area contributed by atoms with Gasteiger partial charge >= 0.3 is 12.1 Å². The summed E-state index contributed by atoms with van der Waals surface area (Å²) in [6, 6.07) is 15.2. The zero-order valence-corrected chi connectivity index (χ0v) is 19.2. The highest BCUT2D eigenvalue weighted by Crippen LogP contribution is 2.44. The van der Waals surface area contributed by atoms with Gasteiger partial charge in [0.1, 0.15) is 17.5 Å². The maximum absolute atomic E-state index is 12.9. The van der Waals surface area contributed by atoms with Gasteiger partial charge in [0.25, 0.3) is 5.91 Å². The number of nitrogens with zero attached hydrogens (tertiary/aromatic N) is 2. The molecule has 1 aromatic heterocycles. The van der Waals surface area contributed by atoms with E-state index in [-0.39, 0.29) is 28.6 Å². The predicted molar refractivity (Wildman–Crippen MR) is 127 cm³/mol. The third-order valence-electron chi connectivity index (χ3n) is 6.22. The van der Waals surface area contributed by atoms with Gasteiger partial charge in [0.05, 0.1) is 6.20 Å². The highest BCUT2D eigenvalue weighted by molar-refractivity contribution is 7.17. The Bertz CT molecular complexity index is 1220. The van der Waals surface area contributed by atoms with Gasteiger partial charge in [-0.1, -0.05) is 59.9 Å². The molecule has 0 aliphatic heterocycles. The minimum absolute atomic E-state index is 0.0591. The summed E-state index contributed by atoms with van der Waals surface area (Å²) in [5.41, 5.74) is 4.52. The molecule has 3 aromatic rings. The van der Waals surface area contributed by atoms with Crippen LogP contribution >= 0.6 is 11.3 Å². The number of carbonyl (C=O) groups excluding carboxylic acids is 2. The fraction of sp³-hybridized carbons (Fsp3) is 0.280. The topological polar surface area (TPSA) is 109 Å². The molecule has 2 amide bonds. The van der Waals surface area contributed by atoms with Gasteiger partial charge < -0.3 is 14.7 Å². The number of ether oxygens (including phenoxy) is 1. The molecule has 2 aliphatic rings. The van der Waals surface area contributed by atoms with Crippen molar-refractivity contribution in [2.24, 2.45) is 0 Å². The number of nitrogens with one attached hydrogen (secondary N) is 1. The monoisotopic (exact) mass is 477 g/mol. The highest BCUT2D eigenvalue weighted by Gasteiger charge is 2.39. The molecule has 9 heteroatoms. The van der Waals surface area contributed by atoms with Crippen LogP contribution in [0, 0.1) is 0 Å². The molecule has 34 heavy (non-hydrogen) atoms. The van der Waals surface area contributed by atoms with Gasteiger partial charge in [-0.25, -0.2) is 14.6 Å². The van der Waals surface area contributed by atoms with Gasteiger partial charge in [0, 0.05) is 12.0 Å². The lowest BCUT2D eigenvalue weighted by molar-refractivity contribution is -0.141. The van der Waals surface area contributed by atoms with E-state index in [1.165, 1.54) is 18.0 Å². The van der Waals surface area contributed by atoms with Crippen LogP contribution in [0.5, 0.6) is 0 Å². The number of aliphatic carboxylic acids is 1. The van der Waals surface area contributed by atoms with E-state index in [1.54, 1.807) is 0 Å². The van der Waals surface area contributed by atoms with Crippen LogP contribution < -0.4 is 5.32 Å². The molecule has 1 unspecified atom stereocenters. The molecule has 2 N–H and O–H groups in total. The molecule has 0 spiro atoms. The largest absolute Gasteiger partial charge is 0.480 e. The average Bonchev–Trinajstić information content (AvgIpc) is 3.47. The maximum atomic E-state index is 12.9. The Hall–Kier alpha value is -3.72. The van der Waals surface area contributed by atoms with Gasteiger partial charge in [0.2, 0.25) is 0 Å². The summed E-state index contributed by atoms with van der Waals surface area (Å²) in [6.07, 6.45) is 2.27. The summed E-state index contributed by atoms with van der Waals surface area (Å²) in [5, 5.41) is 12.1. The first-order valence-electron chi connectivity index (χ1n) is 11.1. The minimum Gasteiger partial charge on any atom is -0.480 e. The number of amides is 2. The van der Waals surface area contributed by atoms with Crippen molar-refractivity contribution < 1.29 is 24.2 Å². The van der Waals surface area contributed by atoms with Gasteiger partial charge in [0.15, 0.2) is 5.13 Å². The Balaban J connectivity index is 1.24. The van der Waals surface area contributed by atoms with Crippen LogP contribution in [0.1, 0.15) is 46.5 Å². The zero-order valence-electron chi connectivity index (χ0n) is 18.4. The predicted octanol–water partition coefficient (Wildman–Crippen LogP) is 4.58. The van der Waals surface area contributed by atoms with E-state index in [9.17, 15) is 19.5 Å². The molecule has 8 nitrogen and oxygen atoms in total. The van der Waals surface area contributed by atoms with Crippen LogP contribution in [-0.4, -0.2) is 51.7 Å². The summed E-state index contributed by atoms with van der Waals surface area (Å²) in [5.74, 6) is -1.51. The lowest BCUT2D eigenvalue weighted by Crippen LogP contribution is -2.44. The number of hydrogen-bond acceptors (Lipinski definition) is 6. The molecule has 1 saturated carbocycles. The quantitative estimate of drug-likeness (QED) is 0.516. The first kappa shape index (κ1) is 22.1. The summed E-state index contributed by atoms with van der Waals surface area (Å²) < 4.78 is 5.52. The summed E-state index contributed by atoms with van der Waals surface area (Å²) >= 11 is 1.00. The molecule has 2 aromatic carbocycles. The molecule has 1 atom stereocenters. The molecule has 0 radical (unpaired) electrons. The third kappa shape index (κ3) is 4.14. The number of hydrogen-bond donors (Lipinski definition) is 2. The SMILES string of the molecule is CC(C(=O)O)N(C(=O)c1cnc(NC(=O)OCC2c3ccccc3-c3ccccc32)s1)C1CC1. The van der Waals surface area contributed by atoms with Crippen LogP contribution in [-0.2, 0) is 9.53 Å². The van der Waals surface area contributed by atoms with Crippen molar-refractivity contribution in [2.45, 2.75) is 37.8 Å². The fourth-order valence-electron chi connectivity index (χ4n) is 4.41. The molecule has 1 fully saturated rings. The van der Waals surface area contributed by atoms with Crippen LogP contribution in [0.25, 0.3) is 11.1 Å². The number of thiazole rings is 1. The molecule has 0 saturated heterocycles. The Morgan fingerprint density at radius 2 is 1.74 bits per heavy atom. The van der Waals surface area contributed by atoms with Gasteiger partial charge in [-0.15, -0.1) is 0 Å². The van der Waals surface area contributed by atoms with E-state index in [0.717, 1.165) is 46.4 Å². The molecule has 0 bridgehead atoms. The zero-order chi connectivity index (χ0) is 23.8. The first-order valence-corrected chi connectivity index (χ1v) is 11.9. The van der Waals surface area contributed by atoms with Crippen molar-refractivity contribution in [3.8, 4) is 11.1 Å². The lowest BCUT2D eigenvalue weighted by Gasteiger charge is -2.25. The standard InChI is InChI=1S/C25H23N3O5S/c1-14(23(30)31)28(15-10-11-15)22(29)21-12-26-24(34-21)27-25(32)33-13-20-18-8-4-2-6-16(18)17-7-3-5-9-19(17)20/h2-9,12,14-15,20H,10-11,13H2,1H3,(H,30,31)(H,26,27,32). The number of aromatic nitrogens is 1. The fourth-order valence-corrected chi connectivity index (χ4v) is 5.16. The highest BCUT2D eigenvalue weighted by atomic mass is 32.1. The number of carbonyl (C=O) groups is 3. The number of rotatable bonds is 7. The molecular formula is C25H23N3O5S. The van der Waals surface area contributed by atoms with Crippen molar-refractivity contribution in [1.82, 2.24) is 9.88 Å². The smallest absolute Gasteiger partial charge is 0.413 e.